The molecule has 1 rings (SSSR count). The Morgan fingerprint density at radius 2 is 2.12 bits per heavy atom. The first-order valence-corrected chi connectivity index (χ1v) is 5.86. The van der Waals surface area contributed by atoms with Gasteiger partial charge in [-0.1, -0.05) is 6.07 Å². The molecular formula is C13H22N2O2. The molecule has 4 N–H and O–H groups in total. The average Bonchev–Trinajstić information content (AvgIpc) is 2.26. The molecule has 1 aromatic rings. The first kappa shape index (κ1) is 13.8. The maximum atomic E-state index is 9.18. The van der Waals surface area contributed by atoms with E-state index < -0.39 is 0 Å². The van der Waals surface area contributed by atoms with E-state index in [1.807, 2.05) is 18.2 Å². The highest BCUT2D eigenvalue weighted by Crippen LogP contribution is 2.22. The number of aliphatic hydroxyl groups is 1. The summed E-state index contributed by atoms with van der Waals surface area (Å²) >= 11 is 0. The van der Waals surface area contributed by atoms with Crippen molar-refractivity contribution in [3.63, 3.8) is 0 Å². The first-order chi connectivity index (χ1) is 8.02. The van der Waals surface area contributed by atoms with E-state index in [2.05, 4.69) is 12.2 Å². The number of ether oxygens (including phenoxy) is 1. The molecule has 0 spiro atoms. The number of benzene rings is 1. The van der Waals surface area contributed by atoms with Crippen molar-refractivity contribution in [2.45, 2.75) is 32.4 Å². The fraction of sp³-hybridized carbons (Fsp3) is 0.538. The van der Waals surface area contributed by atoms with Gasteiger partial charge in [-0.15, -0.1) is 0 Å². The fourth-order valence-electron chi connectivity index (χ4n) is 1.71. The van der Waals surface area contributed by atoms with Crippen molar-refractivity contribution < 1.29 is 9.84 Å². The van der Waals surface area contributed by atoms with Crippen LogP contribution in [0.25, 0.3) is 0 Å². The van der Waals surface area contributed by atoms with Gasteiger partial charge in [0.15, 0.2) is 0 Å². The number of methoxy groups -OCH3 is 1. The molecule has 0 fully saturated rings. The Hall–Kier alpha value is -1.26. The van der Waals surface area contributed by atoms with E-state index in [0.717, 1.165) is 12.0 Å². The largest absolute Gasteiger partial charge is 0.495 e. The Bertz CT molecular complexity index is 353. The third-order valence-electron chi connectivity index (χ3n) is 2.60. The van der Waals surface area contributed by atoms with Crippen LogP contribution in [0, 0.1) is 0 Å². The second kappa shape index (κ2) is 6.47. The van der Waals surface area contributed by atoms with Gasteiger partial charge < -0.3 is 20.9 Å². The van der Waals surface area contributed by atoms with Crippen molar-refractivity contribution in [3.05, 3.63) is 23.8 Å². The summed E-state index contributed by atoms with van der Waals surface area (Å²) in [4.78, 5) is 0. The van der Waals surface area contributed by atoms with Crippen LogP contribution < -0.4 is 15.8 Å². The van der Waals surface area contributed by atoms with Crippen molar-refractivity contribution in [1.82, 2.24) is 5.32 Å². The van der Waals surface area contributed by atoms with Gasteiger partial charge in [0, 0.05) is 12.6 Å². The molecule has 4 nitrogen and oxygen atoms in total. The minimum Gasteiger partial charge on any atom is -0.495 e. The molecule has 96 valence electrons. The topological polar surface area (TPSA) is 67.5 Å². The Balaban J connectivity index is 2.53. The minimum absolute atomic E-state index is 0.303. The van der Waals surface area contributed by atoms with Crippen LogP contribution in [0.5, 0.6) is 5.75 Å². The summed E-state index contributed by atoms with van der Waals surface area (Å²) in [5.74, 6) is 0.707. The number of hydrogen-bond donors (Lipinski definition) is 3. The SMILES string of the molecule is COc1ccc(CC(C)NCC(C)O)cc1N. The summed E-state index contributed by atoms with van der Waals surface area (Å²) < 4.78 is 5.11. The van der Waals surface area contributed by atoms with Gasteiger partial charge in [0.25, 0.3) is 0 Å². The van der Waals surface area contributed by atoms with E-state index in [1.54, 1.807) is 14.0 Å². The zero-order valence-corrected chi connectivity index (χ0v) is 10.7. The first-order valence-electron chi connectivity index (χ1n) is 5.86. The molecular weight excluding hydrogens is 216 g/mol. The van der Waals surface area contributed by atoms with E-state index in [1.165, 1.54) is 0 Å². The summed E-state index contributed by atoms with van der Waals surface area (Å²) in [6, 6.07) is 6.12. The number of hydrogen-bond acceptors (Lipinski definition) is 4. The number of aliphatic hydroxyl groups excluding tert-OH is 1. The number of anilines is 1. The van der Waals surface area contributed by atoms with E-state index >= 15 is 0 Å². The van der Waals surface area contributed by atoms with Gasteiger partial charge >= 0.3 is 0 Å². The predicted octanol–water partition coefficient (Wildman–Crippen LogP) is 1.18. The summed E-state index contributed by atoms with van der Waals surface area (Å²) in [6.45, 7) is 4.46. The molecule has 0 aromatic heterocycles. The Labute approximate surface area is 103 Å². The van der Waals surface area contributed by atoms with E-state index in [-0.39, 0.29) is 6.10 Å². The molecule has 0 saturated heterocycles. The molecule has 4 heteroatoms. The Kier molecular flexibility index (Phi) is 5.25. The lowest BCUT2D eigenvalue weighted by Gasteiger charge is -2.15. The highest BCUT2D eigenvalue weighted by molar-refractivity contribution is 5.54. The fourth-order valence-corrected chi connectivity index (χ4v) is 1.71. The van der Waals surface area contributed by atoms with E-state index in [0.29, 0.717) is 24.0 Å². The standard InChI is InChI=1S/C13H22N2O2/c1-9(15-8-10(2)16)6-11-4-5-13(17-3)12(14)7-11/h4-5,7,9-10,15-16H,6,8,14H2,1-3H3. The molecule has 2 unspecified atom stereocenters. The molecule has 2 atom stereocenters. The van der Waals surface area contributed by atoms with Crippen molar-refractivity contribution in [3.8, 4) is 5.75 Å². The van der Waals surface area contributed by atoms with Gasteiger partial charge in [0.05, 0.1) is 18.9 Å². The number of nitrogens with two attached hydrogens (primary N) is 1. The van der Waals surface area contributed by atoms with Gasteiger partial charge in [0.2, 0.25) is 0 Å². The zero-order chi connectivity index (χ0) is 12.8. The summed E-state index contributed by atoms with van der Waals surface area (Å²) in [5.41, 5.74) is 7.67. The predicted molar refractivity (Wildman–Crippen MR) is 70.3 cm³/mol. The molecule has 0 amide bonds. The number of nitrogen functional groups attached to an aromatic ring is 1. The maximum Gasteiger partial charge on any atom is 0.141 e. The van der Waals surface area contributed by atoms with Crippen LogP contribution in [0.1, 0.15) is 19.4 Å². The molecule has 0 aliphatic carbocycles. The molecule has 0 aliphatic rings. The molecule has 0 radical (unpaired) electrons. The Morgan fingerprint density at radius 1 is 1.41 bits per heavy atom. The smallest absolute Gasteiger partial charge is 0.141 e. The van der Waals surface area contributed by atoms with Gasteiger partial charge in [-0.25, -0.2) is 0 Å². The second-order valence-electron chi connectivity index (χ2n) is 4.44. The van der Waals surface area contributed by atoms with Crippen molar-refractivity contribution in [1.29, 1.82) is 0 Å². The van der Waals surface area contributed by atoms with Gasteiger partial charge in [-0.05, 0) is 38.0 Å². The van der Waals surface area contributed by atoms with Crippen LogP contribution in [-0.2, 0) is 6.42 Å². The average molecular weight is 238 g/mol. The monoisotopic (exact) mass is 238 g/mol. The second-order valence-corrected chi connectivity index (χ2v) is 4.44. The van der Waals surface area contributed by atoms with Crippen molar-refractivity contribution in [2.75, 3.05) is 19.4 Å². The third kappa shape index (κ3) is 4.63. The molecule has 0 aliphatic heterocycles. The van der Waals surface area contributed by atoms with Crippen LogP contribution in [0.2, 0.25) is 0 Å². The minimum atomic E-state index is -0.321. The molecule has 0 bridgehead atoms. The van der Waals surface area contributed by atoms with Crippen LogP contribution in [0.3, 0.4) is 0 Å². The highest BCUT2D eigenvalue weighted by Gasteiger charge is 2.06. The number of nitrogens with one attached hydrogen (secondary N) is 1. The summed E-state index contributed by atoms with van der Waals surface area (Å²) in [7, 11) is 1.61. The zero-order valence-electron chi connectivity index (χ0n) is 10.7. The maximum absolute atomic E-state index is 9.18. The van der Waals surface area contributed by atoms with E-state index in [4.69, 9.17) is 10.5 Å². The quantitative estimate of drug-likeness (QED) is 0.651. The van der Waals surface area contributed by atoms with E-state index in [9.17, 15) is 5.11 Å². The van der Waals surface area contributed by atoms with Crippen LogP contribution in [-0.4, -0.2) is 30.9 Å². The lowest BCUT2D eigenvalue weighted by molar-refractivity contribution is 0.187. The lowest BCUT2D eigenvalue weighted by atomic mass is 10.1. The Morgan fingerprint density at radius 3 is 2.65 bits per heavy atom. The van der Waals surface area contributed by atoms with Crippen LogP contribution in [0.15, 0.2) is 18.2 Å². The van der Waals surface area contributed by atoms with Crippen LogP contribution in [0.4, 0.5) is 5.69 Å². The molecule has 0 saturated carbocycles. The molecule has 0 heterocycles. The molecule has 17 heavy (non-hydrogen) atoms. The van der Waals surface area contributed by atoms with Gasteiger partial charge in [-0.3, -0.25) is 0 Å². The van der Waals surface area contributed by atoms with Crippen LogP contribution >= 0.6 is 0 Å². The van der Waals surface area contributed by atoms with Gasteiger partial charge in [-0.2, -0.15) is 0 Å². The van der Waals surface area contributed by atoms with Gasteiger partial charge in [0.1, 0.15) is 5.75 Å². The van der Waals surface area contributed by atoms with Crippen molar-refractivity contribution >= 4 is 5.69 Å². The summed E-state index contributed by atoms with van der Waals surface area (Å²) in [6.07, 6.45) is 0.555. The third-order valence-corrected chi connectivity index (χ3v) is 2.60. The highest BCUT2D eigenvalue weighted by atomic mass is 16.5. The number of rotatable bonds is 6. The van der Waals surface area contributed by atoms with Crippen molar-refractivity contribution in [2.24, 2.45) is 0 Å². The molecule has 1 aromatic carbocycles. The summed E-state index contributed by atoms with van der Waals surface area (Å²) in [5, 5.41) is 12.4. The lowest BCUT2D eigenvalue weighted by Crippen LogP contribution is -2.33. The normalized spacial score (nSPS) is 14.4.